The number of benzene rings is 2. The number of ether oxygens (including phenoxy) is 2. The highest BCUT2D eigenvalue weighted by molar-refractivity contribution is 5.84. The molecule has 0 aliphatic heterocycles. The number of para-hydroxylation sites is 2. The van der Waals surface area contributed by atoms with Gasteiger partial charge in [-0.1, -0.05) is 12.1 Å². The first-order valence-electron chi connectivity index (χ1n) is 6.93. The van der Waals surface area contributed by atoms with E-state index in [9.17, 15) is 27.7 Å². The Morgan fingerprint density at radius 2 is 1.77 bits per heavy atom. The minimum atomic E-state index is -3.20. The van der Waals surface area contributed by atoms with Crippen LogP contribution in [0, 0.1) is 10.1 Å². The minimum absolute atomic E-state index is 0.0120. The molecule has 0 amide bonds. The minimum Gasteiger partial charge on any atom is -0.435 e. The first-order valence-corrected chi connectivity index (χ1v) is 6.93. The molecule has 138 valence electrons. The highest BCUT2D eigenvalue weighted by Gasteiger charge is 2.13. The smallest absolute Gasteiger partial charge is 0.387 e. The van der Waals surface area contributed by atoms with Crippen LogP contribution >= 0.6 is 0 Å². The van der Waals surface area contributed by atoms with E-state index in [4.69, 9.17) is 0 Å². The van der Waals surface area contributed by atoms with Crippen molar-refractivity contribution >= 4 is 17.6 Å². The molecule has 11 heteroatoms. The maximum Gasteiger partial charge on any atom is 0.387 e. The second-order valence-corrected chi connectivity index (χ2v) is 4.60. The predicted molar refractivity (Wildman–Crippen MR) is 84.0 cm³/mol. The quantitative estimate of drug-likeness (QED) is 0.324. The van der Waals surface area contributed by atoms with Gasteiger partial charge in [-0.2, -0.15) is 22.7 Å². The highest BCUT2D eigenvalue weighted by Crippen LogP contribution is 2.27. The number of alkyl halides is 4. The van der Waals surface area contributed by atoms with Crippen molar-refractivity contribution in [2.45, 2.75) is 13.2 Å². The van der Waals surface area contributed by atoms with Gasteiger partial charge in [-0.3, -0.25) is 15.5 Å². The molecule has 0 spiro atoms. The van der Waals surface area contributed by atoms with Crippen LogP contribution in [0.15, 0.2) is 47.6 Å². The number of hydrazone groups is 1. The monoisotopic (exact) mass is 373 g/mol. The number of halogens is 4. The first-order chi connectivity index (χ1) is 12.4. The van der Waals surface area contributed by atoms with Gasteiger partial charge in [0.1, 0.15) is 17.2 Å². The zero-order valence-corrected chi connectivity index (χ0v) is 12.8. The Bertz CT molecular complexity index is 802. The van der Waals surface area contributed by atoms with Crippen LogP contribution in [0.2, 0.25) is 0 Å². The summed E-state index contributed by atoms with van der Waals surface area (Å²) in [5.74, 6) is -0.828. The van der Waals surface area contributed by atoms with E-state index < -0.39 is 23.9 Å². The fraction of sp³-hybridized carbons (Fsp3) is 0.133. The Kier molecular flexibility index (Phi) is 6.31. The Hall–Kier alpha value is -3.37. The summed E-state index contributed by atoms with van der Waals surface area (Å²) in [5, 5.41) is 14.6. The van der Waals surface area contributed by atoms with Crippen molar-refractivity contribution in [3.05, 3.63) is 58.1 Å². The molecule has 0 saturated heterocycles. The van der Waals surface area contributed by atoms with Crippen LogP contribution in [0.3, 0.4) is 0 Å². The predicted octanol–water partition coefficient (Wildman–Crippen LogP) is 4.24. The largest absolute Gasteiger partial charge is 0.435 e. The van der Waals surface area contributed by atoms with Gasteiger partial charge in [0, 0.05) is 17.7 Å². The van der Waals surface area contributed by atoms with Crippen molar-refractivity contribution in [3.8, 4) is 11.5 Å². The second kappa shape index (κ2) is 8.65. The van der Waals surface area contributed by atoms with E-state index in [0.717, 1.165) is 18.3 Å². The van der Waals surface area contributed by atoms with E-state index in [2.05, 4.69) is 20.0 Å². The molecule has 0 saturated carbocycles. The highest BCUT2D eigenvalue weighted by atomic mass is 19.3. The van der Waals surface area contributed by atoms with Crippen LogP contribution in [0.4, 0.5) is 28.9 Å². The van der Waals surface area contributed by atoms with Crippen LogP contribution < -0.4 is 14.9 Å². The summed E-state index contributed by atoms with van der Waals surface area (Å²) in [6.07, 6.45) is 1.04. The fourth-order valence-electron chi connectivity index (χ4n) is 1.89. The van der Waals surface area contributed by atoms with Crippen molar-refractivity contribution in [1.82, 2.24) is 0 Å². The SMILES string of the molecule is O=[N+]([O-])c1ccccc1N/N=C/c1ccc(OC(F)F)cc1OC(F)F. The average molecular weight is 373 g/mol. The van der Waals surface area contributed by atoms with Crippen LogP contribution in [-0.4, -0.2) is 24.4 Å². The Morgan fingerprint density at radius 1 is 1.08 bits per heavy atom. The third-order valence-electron chi connectivity index (χ3n) is 2.92. The van der Waals surface area contributed by atoms with Crippen LogP contribution in [0.1, 0.15) is 5.56 Å². The van der Waals surface area contributed by atoms with Gasteiger partial charge in [-0.15, -0.1) is 0 Å². The average Bonchev–Trinajstić information content (AvgIpc) is 2.56. The molecule has 26 heavy (non-hydrogen) atoms. The van der Waals surface area contributed by atoms with Gasteiger partial charge in [0.2, 0.25) is 0 Å². The fourth-order valence-corrected chi connectivity index (χ4v) is 1.89. The molecule has 0 bridgehead atoms. The summed E-state index contributed by atoms with van der Waals surface area (Å²) in [6.45, 7) is -6.33. The maximum absolute atomic E-state index is 12.5. The van der Waals surface area contributed by atoms with Gasteiger partial charge in [0.05, 0.1) is 11.1 Å². The summed E-state index contributed by atoms with van der Waals surface area (Å²) in [6, 6.07) is 8.77. The zero-order valence-electron chi connectivity index (χ0n) is 12.8. The number of rotatable bonds is 8. The van der Waals surface area contributed by atoms with Crippen molar-refractivity contribution in [2.24, 2.45) is 5.10 Å². The summed E-state index contributed by atoms with van der Waals surface area (Å²) >= 11 is 0. The number of nitro benzene ring substituents is 1. The standard InChI is InChI=1S/C15H11F4N3O4/c16-14(17)25-10-6-5-9(13(7-10)26-15(18)19)8-20-21-11-3-1-2-4-12(11)22(23)24/h1-8,14-15,21H/b20-8+. The van der Waals surface area contributed by atoms with Gasteiger partial charge in [-0.05, 0) is 18.2 Å². The number of nitrogens with zero attached hydrogens (tertiary/aromatic N) is 2. The molecule has 0 fully saturated rings. The Labute approximate surface area is 144 Å². The van der Waals surface area contributed by atoms with E-state index >= 15 is 0 Å². The van der Waals surface area contributed by atoms with Crippen LogP contribution in [-0.2, 0) is 0 Å². The van der Waals surface area contributed by atoms with Gasteiger partial charge < -0.3 is 9.47 Å². The normalized spacial score (nSPS) is 11.2. The van der Waals surface area contributed by atoms with Gasteiger partial charge in [-0.25, -0.2) is 0 Å². The third kappa shape index (κ3) is 5.33. The zero-order chi connectivity index (χ0) is 19.1. The summed E-state index contributed by atoms with van der Waals surface area (Å²) in [4.78, 5) is 10.3. The molecule has 0 atom stereocenters. The first kappa shape index (κ1) is 19.0. The lowest BCUT2D eigenvalue weighted by Gasteiger charge is -2.10. The van der Waals surface area contributed by atoms with Gasteiger partial charge in [0.25, 0.3) is 5.69 Å². The molecule has 2 aromatic rings. The molecule has 0 aliphatic carbocycles. The van der Waals surface area contributed by atoms with Crippen molar-refractivity contribution in [3.63, 3.8) is 0 Å². The number of hydrogen-bond acceptors (Lipinski definition) is 6. The molecule has 2 aromatic carbocycles. The van der Waals surface area contributed by atoms with Crippen molar-refractivity contribution in [1.29, 1.82) is 0 Å². The van der Waals surface area contributed by atoms with Crippen LogP contribution in [0.5, 0.6) is 11.5 Å². The topological polar surface area (TPSA) is 86.0 Å². The maximum atomic E-state index is 12.5. The molecule has 0 heterocycles. The third-order valence-corrected chi connectivity index (χ3v) is 2.92. The van der Waals surface area contributed by atoms with Gasteiger partial charge in [0.15, 0.2) is 0 Å². The van der Waals surface area contributed by atoms with Crippen LogP contribution in [0.25, 0.3) is 0 Å². The molecule has 0 unspecified atom stereocenters. The Morgan fingerprint density at radius 3 is 2.42 bits per heavy atom. The van der Waals surface area contributed by atoms with Crippen molar-refractivity contribution in [2.75, 3.05) is 5.43 Å². The molecular weight excluding hydrogens is 362 g/mol. The summed E-state index contributed by atoms with van der Waals surface area (Å²) in [5.41, 5.74) is 2.25. The number of hydrogen-bond donors (Lipinski definition) is 1. The number of nitro groups is 1. The van der Waals surface area contributed by atoms with Crippen molar-refractivity contribution < 1.29 is 32.0 Å². The van der Waals surface area contributed by atoms with Gasteiger partial charge >= 0.3 is 13.2 Å². The lowest BCUT2D eigenvalue weighted by atomic mass is 10.2. The second-order valence-electron chi connectivity index (χ2n) is 4.60. The lowest BCUT2D eigenvalue weighted by molar-refractivity contribution is -0.384. The summed E-state index contributed by atoms with van der Waals surface area (Å²) < 4.78 is 57.7. The van der Waals surface area contributed by atoms with E-state index in [1.807, 2.05) is 0 Å². The van der Waals surface area contributed by atoms with E-state index in [1.165, 1.54) is 30.3 Å². The number of anilines is 1. The lowest BCUT2D eigenvalue weighted by Crippen LogP contribution is -2.07. The molecule has 0 radical (unpaired) electrons. The molecule has 0 aliphatic rings. The summed E-state index contributed by atoms with van der Waals surface area (Å²) in [7, 11) is 0. The molecule has 1 N–H and O–H groups in total. The van der Waals surface area contributed by atoms with E-state index in [0.29, 0.717) is 0 Å². The molecular formula is C15H11F4N3O4. The molecule has 7 nitrogen and oxygen atoms in total. The molecule has 0 aromatic heterocycles. The Balaban J connectivity index is 2.22. The van der Waals surface area contributed by atoms with E-state index in [1.54, 1.807) is 0 Å². The van der Waals surface area contributed by atoms with E-state index in [-0.39, 0.29) is 22.7 Å². The molecule has 2 rings (SSSR count). The number of nitrogens with one attached hydrogen (secondary N) is 1.